The van der Waals surface area contributed by atoms with Crippen LogP contribution in [0.25, 0.3) is 17.0 Å². The summed E-state index contributed by atoms with van der Waals surface area (Å²) in [5, 5.41) is 8.39. The number of hydrogen-bond donors (Lipinski definition) is 1. The SMILES string of the molecule is COCc1cccc(Cn2cc(-c3cc(C4=CC=NC4)nc(N)n3)nn2)n1. The molecule has 0 bridgehead atoms. The quantitative estimate of drug-likeness (QED) is 0.704. The molecule has 0 amide bonds. The lowest BCUT2D eigenvalue weighted by molar-refractivity contribution is 0.181. The first-order chi connectivity index (χ1) is 13.2. The molecule has 1 aliphatic rings. The van der Waals surface area contributed by atoms with Gasteiger partial charge in [-0.1, -0.05) is 11.3 Å². The molecular weight excluding hydrogens is 344 g/mol. The summed E-state index contributed by atoms with van der Waals surface area (Å²) in [7, 11) is 1.65. The van der Waals surface area contributed by atoms with Crippen LogP contribution in [0.1, 0.15) is 17.1 Å². The monoisotopic (exact) mass is 362 g/mol. The van der Waals surface area contributed by atoms with E-state index < -0.39 is 0 Å². The predicted molar refractivity (Wildman–Crippen MR) is 101 cm³/mol. The Kier molecular flexibility index (Phi) is 4.67. The van der Waals surface area contributed by atoms with Gasteiger partial charge in [0.15, 0.2) is 0 Å². The molecule has 3 aromatic rings. The maximum absolute atomic E-state index is 5.87. The molecule has 0 saturated carbocycles. The topological polar surface area (TPSA) is 117 Å². The van der Waals surface area contributed by atoms with Gasteiger partial charge in [0, 0.05) is 18.9 Å². The van der Waals surface area contributed by atoms with Crippen LogP contribution in [0.3, 0.4) is 0 Å². The van der Waals surface area contributed by atoms with Gasteiger partial charge in [-0.05, 0) is 24.3 Å². The van der Waals surface area contributed by atoms with Crippen molar-refractivity contribution in [2.24, 2.45) is 4.99 Å². The van der Waals surface area contributed by atoms with E-state index in [4.69, 9.17) is 10.5 Å². The van der Waals surface area contributed by atoms with Crippen molar-refractivity contribution in [2.75, 3.05) is 19.4 Å². The van der Waals surface area contributed by atoms with Gasteiger partial charge in [0.25, 0.3) is 0 Å². The molecular formula is C18H18N8O. The van der Waals surface area contributed by atoms with Crippen LogP contribution in [0, 0.1) is 0 Å². The third-order valence-corrected chi connectivity index (χ3v) is 4.00. The molecule has 1 aliphatic heterocycles. The average molecular weight is 362 g/mol. The number of rotatable bonds is 6. The third kappa shape index (κ3) is 3.87. The van der Waals surface area contributed by atoms with Crippen LogP contribution in [-0.4, -0.2) is 49.8 Å². The van der Waals surface area contributed by atoms with E-state index >= 15 is 0 Å². The standard InChI is InChI=1S/C18H18N8O/c1-27-11-14-4-2-3-13(21-14)9-26-10-17(24-25-26)16-7-15(22-18(19)23-16)12-5-6-20-8-12/h2-7,10H,8-9,11H2,1H3,(H2,19,22,23). The van der Waals surface area contributed by atoms with Gasteiger partial charge in [-0.15, -0.1) is 5.10 Å². The summed E-state index contributed by atoms with van der Waals surface area (Å²) < 4.78 is 6.84. The molecule has 0 unspecified atom stereocenters. The maximum Gasteiger partial charge on any atom is 0.221 e. The van der Waals surface area contributed by atoms with Crippen LogP contribution < -0.4 is 5.73 Å². The number of methoxy groups -OCH3 is 1. The van der Waals surface area contributed by atoms with Gasteiger partial charge in [0.05, 0.1) is 48.7 Å². The van der Waals surface area contributed by atoms with Crippen molar-refractivity contribution in [3.05, 3.63) is 53.6 Å². The number of pyridine rings is 1. The summed E-state index contributed by atoms with van der Waals surface area (Å²) in [6.07, 6.45) is 5.49. The molecule has 2 N–H and O–H groups in total. The number of ether oxygens (including phenoxy) is 1. The highest BCUT2D eigenvalue weighted by Crippen LogP contribution is 2.22. The zero-order valence-corrected chi connectivity index (χ0v) is 14.8. The van der Waals surface area contributed by atoms with Crippen LogP contribution in [0.5, 0.6) is 0 Å². The lowest BCUT2D eigenvalue weighted by Crippen LogP contribution is -2.04. The van der Waals surface area contributed by atoms with E-state index in [2.05, 4.69) is 30.3 Å². The van der Waals surface area contributed by atoms with Crippen LogP contribution >= 0.6 is 0 Å². The van der Waals surface area contributed by atoms with E-state index in [0.717, 1.165) is 22.7 Å². The second-order valence-corrected chi connectivity index (χ2v) is 6.03. The first-order valence-electron chi connectivity index (χ1n) is 8.39. The van der Waals surface area contributed by atoms with Gasteiger partial charge in [0.1, 0.15) is 5.69 Å². The Morgan fingerprint density at radius 1 is 1.11 bits per heavy atom. The van der Waals surface area contributed by atoms with Crippen molar-refractivity contribution in [1.82, 2.24) is 29.9 Å². The van der Waals surface area contributed by atoms with Gasteiger partial charge in [0.2, 0.25) is 5.95 Å². The Labute approximate surface area is 155 Å². The number of nitrogen functional groups attached to an aromatic ring is 1. The Bertz CT molecular complexity index is 1020. The van der Waals surface area contributed by atoms with E-state index in [1.54, 1.807) is 18.0 Å². The summed E-state index contributed by atoms with van der Waals surface area (Å²) in [4.78, 5) is 17.3. The number of nitrogens with zero attached hydrogens (tertiary/aromatic N) is 7. The van der Waals surface area contributed by atoms with Gasteiger partial charge >= 0.3 is 0 Å². The lowest BCUT2D eigenvalue weighted by Gasteiger charge is -2.04. The molecule has 0 aliphatic carbocycles. The van der Waals surface area contributed by atoms with Crippen molar-refractivity contribution in [2.45, 2.75) is 13.2 Å². The minimum Gasteiger partial charge on any atom is -0.378 e. The minimum atomic E-state index is 0.193. The highest BCUT2D eigenvalue weighted by molar-refractivity contribution is 5.89. The molecule has 9 nitrogen and oxygen atoms in total. The van der Waals surface area contributed by atoms with Crippen molar-refractivity contribution < 1.29 is 4.74 Å². The van der Waals surface area contributed by atoms with Crippen LogP contribution in [0.15, 0.2) is 41.5 Å². The molecule has 4 heterocycles. The van der Waals surface area contributed by atoms with E-state index in [9.17, 15) is 0 Å². The Hall–Kier alpha value is -3.46. The normalized spacial score (nSPS) is 13.1. The number of nitrogens with two attached hydrogens (primary N) is 1. The summed E-state index contributed by atoms with van der Waals surface area (Å²) in [5.41, 5.74) is 10.6. The number of hydrogen-bond acceptors (Lipinski definition) is 8. The molecule has 4 rings (SSSR count). The highest BCUT2D eigenvalue weighted by Gasteiger charge is 2.13. The van der Waals surface area contributed by atoms with Crippen molar-refractivity contribution in [1.29, 1.82) is 0 Å². The van der Waals surface area contributed by atoms with E-state index in [1.165, 1.54) is 0 Å². The fraction of sp³-hybridized carbons (Fsp3) is 0.222. The highest BCUT2D eigenvalue weighted by atomic mass is 16.5. The summed E-state index contributed by atoms with van der Waals surface area (Å²) >= 11 is 0. The third-order valence-electron chi connectivity index (χ3n) is 4.00. The summed E-state index contributed by atoms with van der Waals surface area (Å²) in [6.45, 7) is 1.56. The van der Waals surface area contributed by atoms with E-state index in [1.807, 2.05) is 36.5 Å². The first kappa shape index (κ1) is 17.0. The molecule has 0 radical (unpaired) electrons. The molecule has 0 fully saturated rings. The first-order valence-corrected chi connectivity index (χ1v) is 8.39. The predicted octanol–water partition coefficient (Wildman–Crippen LogP) is 1.37. The molecule has 9 heteroatoms. The molecule has 0 spiro atoms. The number of allylic oxidation sites excluding steroid dienone is 1. The largest absolute Gasteiger partial charge is 0.378 e. The molecule has 136 valence electrons. The molecule has 0 atom stereocenters. The smallest absolute Gasteiger partial charge is 0.221 e. The molecule has 27 heavy (non-hydrogen) atoms. The second kappa shape index (κ2) is 7.42. The van der Waals surface area contributed by atoms with Gasteiger partial charge in [-0.25, -0.2) is 14.6 Å². The lowest BCUT2D eigenvalue weighted by atomic mass is 10.1. The Balaban J connectivity index is 1.57. The Morgan fingerprint density at radius 2 is 1.96 bits per heavy atom. The summed E-state index contributed by atoms with van der Waals surface area (Å²) in [5.74, 6) is 0.193. The van der Waals surface area contributed by atoms with Crippen LogP contribution in [-0.2, 0) is 17.9 Å². The van der Waals surface area contributed by atoms with Gasteiger partial charge in [-0.3, -0.25) is 9.98 Å². The maximum atomic E-state index is 5.87. The number of anilines is 1. The minimum absolute atomic E-state index is 0.193. The zero-order valence-electron chi connectivity index (χ0n) is 14.8. The van der Waals surface area contributed by atoms with E-state index in [0.29, 0.717) is 31.1 Å². The fourth-order valence-electron chi connectivity index (χ4n) is 2.78. The van der Waals surface area contributed by atoms with Crippen LogP contribution in [0.2, 0.25) is 0 Å². The van der Waals surface area contributed by atoms with E-state index in [-0.39, 0.29) is 5.95 Å². The van der Waals surface area contributed by atoms with Crippen LogP contribution in [0.4, 0.5) is 5.95 Å². The Morgan fingerprint density at radius 3 is 2.78 bits per heavy atom. The molecule has 0 aromatic carbocycles. The van der Waals surface area contributed by atoms with Crippen molar-refractivity contribution in [3.8, 4) is 11.4 Å². The van der Waals surface area contributed by atoms with Crippen molar-refractivity contribution >= 4 is 17.7 Å². The van der Waals surface area contributed by atoms with Gasteiger partial charge in [-0.2, -0.15) is 0 Å². The molecule has 3 aromatic heterocycles. The second-order valence-electron chi connectivity index (χ2n) is 6.03. The fourth-order valence-corrected chi connectivity index (χ4v) is 2.78. The number of aliphatic imine (C=N–C) groups is 1. The van der Waals surface area contributed by atoms with Gasteiger partial charge < -0.3 is 10.5 Å². The zero-order chi connectivity index (χ0) is 18.6. The summed E-state index contributed by atoms with van der Waals surface area (Å²) in [6, 6.07) is 7.66. The van der Waals surface area contributed by atoms with Crippen molar-refractivity contribution in [3.63, 3.8) is 0 Å². The molecule has 0 saturated heterocycles. The number of aromatic nitrogens is 6. The average Bonchev–Trinajstić information content (AvgIpc) is 3.34.